The van der Waals surface area contributed by atoms with Gasteiger partial charge in [0, 0.05) is 11.3 Å². The maximum absolute atomic E-state index is 12.2. The third-order valence-corrected chi connectivity index (χ3v) is 4.38. The van der Waals surface area contributed by atoms with Gasteiger partial charge in [-0.05, 0) is 55.0 Å². The van der Waals surface area contributed by atoms with Crippen LogP contribution < -0.4 is 15.4 Å². The Bertz CT molecular complexity index is 938. The predicted molar refractivity (Wildman–Crippen MR) is 114 cm³/mol. The van der Waals surface area contributed by atoms with Crippen molar-refractivity contribution in [2.24, 2.45) is 0 Å². The van der Waals surface area contributed by atoms with Crippen molar-refractivity contribution < 1.29 is 14.3 Å². The number of anilines is 1. The molecule has 1 aromatic heterocycles. The van der Waals surface area contributed by atoms with E-state index in [1.807, 2.05) is 12.1 Å². The number of benzene rings is 2. The first kappa shape index (κ1) is 21.0. The van der Waals surface area contributed by atoms with Gasteiger partial charge in [-0.3, -0.25) is 9.59 Å². The first-order valence-electron chi connectivity index (χ1n) is 9.91. The molecule has 0 radical (unpaired) electrons. The Balaban J connectivity index is 1.43. The smallest absolute Gasteiger partial charge is 0.251 e. The number of unbranched alkanes of at least 4 members (excludes halogenated alkanes) is 2. The molecule has 0 saturated carbocycles. The summed E-state index contributed by atoms with van der Waals surface area (Å²) in [4.78, 5) is 28.2. The molecule has 0 fully saturated rings. The van der Waals surface area contributed by atoms with E-state index in [0.29, 0.717) is 17.9 Å². The molecule has 2 aromatic carbocycles. The predicted octanol–water partition coefficient (Wildman–Crippen LogP) is 3.20. The second-order valence-corrected chi connectivity index (χ2v) is 6.70. The molecule has 0 saturated heterocycles. The standard InChI is InChI=1S/C22H25N5O3/c1-2-3-4-13-30-20-11-5-17(6-12-20)22(29)24-14-21(28)26-18-7-9-19(10-8-18)27-16-23-15-25-27/h5-12,15-16H,2-4,13-14H2,1H3,(H,24,29)(H,26,28). The fourth-order valence-corrected chi connectivity index (χ4v) is 2.75. The van der Waals surface area contributed by atoms with Gasteiger partial charge in [0.2, 0.25) is 5.91 Å². The van der Waals surface area contributed by atoms with Gasteiger partial charge < -0.3 is 15.4 Å². The summed E-state index contributed by atoms with van der Waals surface area (Å²) in [6, 6.07) is 14.0. The Morgan fingerprint density at radius 3 is 2.47 bits per heavy atom. The van der Waals surface area contributed by atoms with Crippen LogP contribution in [-0.4, -0.2) is 39.7 Å². The number of ether oxygens (including phenoxy) is 1. The lowest BCUT2D eigenvalue weighted by atomic mass is 10.2. The summed E-state index contributed by atoms with van der Waals surface area (Å²) in [6.07, 6.45) is 6.33. The molecule has 0 unspecified atom stereocenters. The number of nitrogens with one attached hydrogen (secondary N) is 2. The van der Waals surface area contributed by atoms with E-state index in [1.54, 1.807) is 47.4 Å². The van der Waals surface area contributed by atoms with Crippen LogP contribution in [0.5, 0.6) is 5.75 Å². The minimum Gasteiger partial charge on any atom is -0.494 e. The van der Waals surface area contributed by atoms with Crippen molar-refractivity contribution in [1.29, 1.82) is 0 Å². The van der Waals surface area contributed by atoms with Gasteiger partial charge in [-0.1, -0.05) is 19.8 Å². The highest BCUT2D eigenvalue weighted by Gasteiger charge is 2.09. The van der Waals surface area contributed by atoms with Crippen molar-refractivity contribution in [2.45, 2.75) is 26.2 Å². The molecule has 8 nitrogen and oxygen atoms in total. The fourth-order valence-electron chi connectivity index (χ4n) is 2.75. The van der Waals surface area contributed by atoms with Crippen LogP contribution >= 0.6 is 0 Å². The minimum atomic E-state index is -0.316. The zero-order valence-electron chi connectivity index (χ0n) is 16.9. The zero-order chi connectivity index (χ0) is 21.2. The highest BCUT2D eigenvalue weighted by Crippen LogP contribution is 2.14. The van der Waals surface area contributed by atoms with E-state index >= 15 is 0 Å². The Morgan fingerprint density at radius 2 is 1.80 bits per heavy atom. The number of rotatable bonds is 10. The number of aromatic nitrogens is 3. The van der Waals surface area contributed by atoms with Crippen LogP contribution in [0.2, 0.25) is 0 Å². The molecule has 3 aromatic rings. The van der Waals surface area contributed by atoms with Crippen molar-refractivity contribution >= 4 is 17.5 Å². The summed E-state index contributed by atoms with van der Waals surface area (Å²) in [6.45, 7) is 2.68. The number of hydrogen-bond acceptors (Lipinski definition) is 5. The Morgan fingerprint density at radius 1 is 1.03 bits per heavy atom. The summed E-state index contributed by atoms with van der Waals surface area (Å²) in [5.74, 6) is 0.103. The van der Waals surface area contributed by atoms with Crippen molar-refractivity contribution in [1.82, 2.24) is 20.1 Å². The first-order valence-corrected chi connectivity index (χ1v) is 9.91. The maximum atomic E-state index is 12.2. The Labute approximate surface area is 175 Å². The Kier molecular flexibility index (Phi) is 7.54. The molecule has 8 heteroatoms. The highest BCUT2D eigenvalue weighted by atomic mass is 16.5. The molecule has 0 aliphatic carbocycles. The fraction of sp³-hybridized carbons (Fsp3) is 0.273. The summed E-state index contributed by atoms with van der Waals surface area (Å²) < 4.78 is 7.25. The molecule has 156 valence electrons. The van der Waals surface area contributed by atoms with E-state index in [4.69, 9.17) is 4.74 Å². The number of nitrogens with zero attached hydrogens (tertiary/aromatic N) is 3. The van der Waals surface area contributed by atoms with Crippen LogP contribution in [-0.2, 0) is 4.79 Å². The highest BCUT2D eigenvalue weighted by molar-refractivity contribution is 5.99. The molecule has 0 bridgehead atoms. The minimum absolute atomic E-state index is 0.126. The van der Waals surface area contributed by atoms with Crippen LogP contribution in [0.1, 0.15) is 36.5 Å². The summed E-state index contributed by atoms with van der Waals surface area (Å²) in [7, 11) is 0. The topological polar surface area (TPSA) is 98.1 Å². The summed E-state index contributed by atoms with van der Waals surface area (Å²) >= 11 is 0. The van der Waals surface area contributed by atoms with Gasteiger partial charge >= 0.3 is 0 Å². The third kappa shape index (κ3) is 6.16. The molecular weight excluding hydrogens is 382 g/mol. The van der Waals surface area contributed by atoms with Gasteiger partial charge in [-0.15, -0.1) is 0 Å². The van der Waals surface area contributed by atoms with Gasteiger partial charge in [0.15, 0.2) is 0 Å². The number of carbonyl (C=O) groups excluding carboxylic acids is 2. The quantitative estimate of drug-likeness (QED) is 0.503. The molecule has 0 spiro atoms. The second kappa shape index (κ2) is 10.8. The number of amides is 2. The normalized spacial score (nSPS) is 10.4. The van der Waals surface area contributed by atoms with E-state index in [1.165, 1.54) is 6.33 Å². The van der Waals surface area contributed by atoms with Crippen LogP contribution in [0.3, 0.4) is 0 Å². The zero-order valence-corrected chi connectivity index (χ0v) is 16.9. The van der Waals surface area contributed by atoms with Crippen molar-refractivity contribution in [3.05, 3.63) is 66.7 Å². The maximum Gasteiger partial charge on any atom is 0.251 e. The van der Waals surface area contributed by atoms with E-state index in [-0.39, 0.29) is 18.4 Å². The molecule has 30 heavy (non-hydrogen) atoms. The molecule has 2 N–H and O–H groups in total. The van der Waals surface area contributed by atoms with Crippen LogP contribution in [0, 0.1) is 0 Å². The van der Waals surface area contributed by atoms with Crippen LogP contribution in [0.15, 0.2) is 61.2 Å². The molecule has 0 atom stereocenters. The van der Waals surface area contributed by atoms with E-state index in [2.05, 4.69) is 27.6 Å². The molecule has 2 amide bonds. The van der Waals surface area contributed by atoms with Crippen molar-refractivity contribution in [2.75, 3.05) is 18.5 Å². The number of carbonyl (C=O) groups is 2. The van der Waals surface area contributed by atoms with Gasteiger partial charge in [-0.2, -0.15) is 5.10 Å². The van der Waals surface area contributed by atoms with Gasteiger partial charge in [0.1, 0.15) is 18.4 Å². The molecule has 1 heterocycles. The average Bonchev–Trinajstić information content (AvgIpc) is 3.31. The van der Waals surface area contributed by atoms with Crippen molar-refractivity contribution in [3.8, 4) is 11.4 Å². The molecular formula is C22H25N5O3. The first-order chi connectivity index (χ1) is 14.7. The summed E-state index contributed by atoms with van der Waals surface area (Å²) in [5.41, 5.74) is 1.93. The lowest BCUT2D eigenvalue weighted by molar-refractivity contribution is -0.115. The van der Waals surface area contributed by atoms with E-state index in [9.17, 15) is 9.59 Å². The monoisotopic (exact) mass is 407 g/mol. The third-order valence-electron chi connectivity index (χ3n) is 4.38. The van der Waals surface area contributed by atoms with Crippen LogP contribution in [0.25, 0.3) is 5.69 Å². The SMILES string of the molecule is CCCCCOc1ccc(C(=O)NCC(=O)Nc2ccc(-n3cncn3)cc2)cc1. The van der Waals surface area contributed by atoms with Crippen LogP contribution in [0.4, 0.5) is 5.69 Å². The second-order valence-electron chi connectivity index (χ2n) is 6.70. The van der Waals surface area contributed by atoms with E-state index < -0.39 is 0 Å². The number of hydrogen-bond donors (Lipinski definition) is 2. The van der Waals surface area contributed by atoms with E-state index in [0.717, 1.165) is 30.7 Å². The molecule has 0 aliphatic rings. The van der Waals surface area contributed by atoms with Gasteiger partial charge in [-0.25, -0.2) is 9.67 Å². The average molecular weight is 407 g/mol. The van der Waals surface area contributed by atoms with Gasteiger partial charge in [0.05, 0.1) is 18.8 Å². The lowest BCUT2D eigenvalue weighted by Gasteiger charge is -2.09. The molecule has 3 rings (SSSR count). The lowest BCUT2D eigenvalue weighted by Crippen LogP contribution is -2.32. The largest absolute Gasteiger partial charge is 0.494 e. The Hall–Kier alpha value is -3.68. The van der Waals surface area contributed by atoms with Gasteiger partial charge in [0.25, 0.3) is 5.91 Å². The molecule has 0 aliphatic heterocycles. The van der Waals surface area contributed by atoms with Crippen molar-refractivity contribution in [3.63, 3.8) is 0 Å². The summed E-state index contributed by atoms with van der Waals surface area (Å²) in [5, 5.41) is 9.41.